The molecule has 10 aromatic rings. The van der Waals surface area contributed by atoms with Gasteiger partial charge in [0.15, 0.2) is 18.9 Å². The molecule has 0 unspecified atom stereocenters. The summed E-state index contributed by atoms with van der Waals surface area (Å²) in [5, 5.41) is 12.2. The molecule has 3 aliphatic heterocycles. The van der Waals surface area contributed by atoms with Crippen LogP contribution >= 0.6 is 0 Å². The Kier molecular flexibility index (Phi) is 31.8. The molecule has 0 amide bonds. The van der Waals surface area contributed by atoms with E-state index in [1.807, 2.05) is 315 Å². The lowest BCUT2D eigenvalue weighted by molar-refractivity contribution is -0.377. The summed E-state index contributed by atoms with van der Waals surface area (Å²) in [7, 11) is 1.60. The van der Waals surface area contributed by atoms with Gasteiger partial charge in [0.05, 0.1) is 98.1 Å². The van der Waals surface area contributed by atoms with Crippen molar-refractivity contribution in [1.29, 1.82) is 0 Å². The molecule has 0 bridgehead atoms. The highest BCUT2D eigenvalue weighted by Gasteiger charge is 2.55. The normalized spacial score (nSPS) is 24.3. The molecule has 3 aliphatic rings. The molecule has 1 N–H and O–H groups in total. The fourth-order valence-electron chi connectivity index (χ4n) is 14.1. The third-order valence-electron chi connectivity index (χ3n) is 19.8. The Morgan fingerprint density at radius 3 is 0.856 bits per heavy atom. The molecule has 111 heavy (non-hydrogen) atoms. The molecule has 0 spiro atoms. The van der Waals surface area contributed by atoms with Crippen LogP contribution in [0.1, 0.15) is 68.5 Å². The Hall–Kier alpha value is -8.74. The zero-order chi connectivity index (χ0) is 75.7. The molecule has 0 aliphatic carbocycles. The van der Waals surface area contributed by atoms with Crippen molar-refractivity contribution in [2.24, 2.45) is 0 Å². The van der Waals surface area contributed by atoms with E-state index in [1.165, 1.54) is 0 Å². The summed E-state index contributed by atoms with van der Waals surface area (Å²) >= 11 is 0. The van der Waals surface area contributed by atoms with E-state index < -0.39 is 98.2 Å². The van der Waals surface area contributed by atoms with E-state index in [0.717, 1.165) is 55.6 Å². The molecule has 3 fully saturated rings. The predicted octanol–water partition coefficient (Wildman–Crippen LogP) is 16.0. The third-order valence-corrected chi connectivity index (χ3v) is 19.8. The van der Waals surface area contributed by atoms with Crippen LogP contribution in [0.15, 0.2) is 315 Å². The van der Waals surface area contributed by atoms with Crippen LogP contribution in [0.3, 0.4) is 0 Å². The van der Waals surface area contributed by atoms with Gasteiger partial charge >= 0.3 is 0 Å². The fourth-order valence-corrected chi connectivity index (χ4v) is 14.1. The van der Waals surface area contributed by atoms with Gasteiger partial charge < -0.3 is 80.9 Å². The number of ether oxygens (including phenoxy) is 16. The summed E-state index contributed by atoms with van der Waals surface area (Å²) in [4.78, 5) is 0. The van der Waals surface area contributed by atoms with E-state index in [2.05, 4.69) is 0 Å². The van der Waals surface area contributed by atoms with Crippen molar-refractivity contribution in [3.8, 4) is 0 Å². The maximum atomic E-state index is 12.2. The highest BCUT2D eigenvalue weighted by Crippen LogP contribution is 2.39. The Morgan fingerprint density at radius 1 is 0.270 bits per heavy atom. The first-order chi connectivity index (χ1) is 54.9. The molecule has 13 rings (SSSR count). The van der Waals surface area contributed by atoms with Gasteiger partial charge in [-0.15, -0.1) is 0 Å². The molecule has 0 aromatic heterocycles. The highest BCUT2D eigenvalue weighted by atomic mass is 16.8. The third kappa shape index (κ3) is 24.6. The number of benzene rings is 10. The minimum absolute atomic E-state index is 0.0158. The van der Waals surface area contributed by atoms with E-state index in [0.29, 0.717) is 6.61 Å². The van der Waals surface area contributed by atoms with Gasteiger partial charge in [-0.3, -0.25) is 0 Å². The first kappa shape index (κ1) is 80.3. The van der Waals surface area contributed by atoms with Crippen molar-refractivity contribution < 1.29 is 80.9 Å². The monoisotopic (exact) mass is 1500 g/mol. The molecule has 17 nitrogen and oxygen atoms in total. The molecule has 10 aromatic carbocycles. The zero-order valence-electron chi connectivity index (χ0n) is 62.8. The maximum Gasteiger partial charge on any atom is 0.187 e. The number of hydrogen-bond acceptors (Lipinski definition) is 17. The van der Waals surface area contributed by atoms with Crippen molar-refractivity contribution in [2.75, 3.05) is 26.9 Å². The van der Waals surface area contributed by atoms with Crippen molar-refractivity contribution in [1.82, 2.24) is 0 Å². The van der Waals surface area contributed by atoms with Crippen LogP contribution in [-0.4, -0.2) is 130 Å². The molecular formula is C94H102O17. The van der Waals surface area contributed by atoms with Gasteiger partial charge in [-0.2, -0.15) is 0 Å². The minimum atomic E-state index is -1.20. The van der Waals surface area contributed by atoms with E-state index in [9.17, 15) is 5.11 Å². The Bertz CT molecular complexity index is 4170. The van der Waals surface area contributed by atoms with Gasteiger partial charge in [-0.1, -0.05) is 315 Å². The van der Waals surface area contributed by atoms with Crippen molar-refractivity contribution in [2.45, 2.75) is 177 Å². The van der Waals surface area contributed by atoms with Crippen molar-refractivity contribution in [3.05, 3.63) is 371 Å². The van der Waals surface area contributed by atoms with Gasteiger partial charge in [0, 0.05) is 13.5 Å². The predicted molar refractivity (Wildman–Crippen MR) is 421 cm³/mol. The van der Waals surface area contributed by atoms with Crippen LogP contribution in [-0.2, 0) is 142 Å². The van der Waals surface area contributed by atoms with Crippen LogP contribution in [0.25, 0.3) is 0 Å². The second-order valence-corrected chi connectivity index (χ2v) is 28.0. The Labute approximate surface area is 652 Å². The fraction of sp³-hybridized carbons (Fsp3) is 0.340. The molecule has 3 saturated heterocycles. The summed E-state index contributed by atoms with van der Waals surface area (Å²) in [6.45, 7) is 2.47. The summed E-state index contributed by atoms with van der Waals surface area (Å²) in [5.41, 5.74) is 9.57. The first-order valence-electron chi connectivity index (χ1n) is 38.5. The molecular weight excluding hydrogens is 1400 g/mol. The molecule has 580 valence electrons. The largest absolute Gasteiger partial charge is 0.393 e. The quantitative estimate of drug-likeness (QED) is 0.0358. The molecule has 0 saturated carbocycles. The van der Waals surface area contributed by atoms with Gasteiger partial charge in [0.1, 0.15) is 67.1 Å². The molecule has 16 atom stereocenters. The number of methoxy groups -OCH3 is 1. The average molecular weight is 1500 g/mol. The van der Waals surface area contributed by atoms with E-state index in [4.69, 9.17) is 75.8 Å². The molecule has 3 heterocycles. The number of aliphatic hydroxyl groups excluding tert-OH is 1. The number of hydrogen-bond donors (Lipinski definition) is 1. The van der Waals surface area contributed by atoms with Crippen LogP contribution in [0.5, 0.6) is 0 Å². The maximum absolute atomic E-state index is 12.2. The smallest absolute Gasteiger partial charge is 0.187 e. The standard InChI is InChI=1S/C94H102O17/c1-96-92-89(105-64-76-48-26-9-27-49-76)86(102-61-73-42-20-6-21-43-73)83(100-59-71-38-16-4-17-39-71)80(108-92)56-79(95)54-32-33-55-99-93-90(106-65-77-50-28-10-29-51-77)88(104-63-75-46-24-8-25-47-75)85(82(109-93)68-98-58-70-36-14-3-15-37-70)111-94-91(107-66-78-52-30-11-31-53-78)87(103-62-74-44-22-7-23-45-74)84(101-60-72-40-18-5-19-41-72)81(110-94)67-97-57-69-34-12-2-13-35-69/h2-53,79-95H,54-68H2,1H3/b33-32+/t79-,80-,81-,82-,83-,84+,85-,86+,87+,88+,89-,90-,91-,92+,93-,94+/m1/s1. The van der Waals surface area contributed by atoms with Crippen LogP contribution in [0.4, 0.5) is 0 Å². The lowest BCUT2D eigenvalue weighted by atomic mass is 9.93. The lowest BCUT2D eigenvalue weighted by Gasteiger charge is -2.50. The second-order valence-electron chi connectivity index (χ2n) is 28.0. The van der Waals surface area contributed by atoms with Gasteiger partial charge in [-0.25, -0.2) is 0 Å². The summed E-state index contributed by atoms with van der Waals surface area (Å²) in [5.74, 6) is 0. The Morgan fingerprint density at radius 2 is 0.523 bits per heavy atom. The van der Waals surface area contributed by atoms with Crippen molar-refractivity contribution in [3.63, 3.8) is 0 Å². The topological polar surface area (TPSA) is 168 Å². The van der Waals surface area contributed by atoms with Crippen LogP contribution in [0, 0.1) is 0 Å². The summed E-state index contributed by atoms with van der Waals surface area (Å²) in [6, 6.07) is 100. The van der Waals surface area contributed by atoms with Crippen LogP contribution in [0.2, 0.25) is 0 Å². The molecule has 0 radical (unpaired) electrons. The Balaban J connectivity index is 0.811. The lowest BCUT2D eigenvalue weighted by Crippen LogP contribution is -2.66. The van der Waals surface area contributed by atoms with Gasteiger partial charge in [-0.05, 0) is 62.1 Å². The first-order valence-corrected chi connectivity index (χ1v) is 38.5. The zero-order valence-corrected chi connectivity index (χ0v) is 62.8. The second kappa shape index (κ2) is 43.9. The SMILES string of the molecule is CO[C@H]1O[C@H](C[C@H](O)C/C=C/CO[C@@H]2O[C@H](COCc3ccccc3)[C@@H](O[C@@H]3O[C@H](COCc4ccccc4)[C@H](OCc4ccccc4)[C@H](OCc4ccccc4)[C@H]3OCc3ccccc3)[C@H](OCc3ccccc3)[C@H]2OCc2ccccc2)[C@@H](OCc2ccccc2)[C@H](OCc2ccccc2)[C@H]1OCc1ccccc1. The number of rotatable bonds is 42. The van der Waals surface area contributed by atoms with E-state index >= 15 is 0 Å². The summed E-state index contributed by atoms with van der Waals surface area (Å²) < 4.78 is 112. The van der Waals surface area contributed by atoms with Crippen LogP contribution < -0.4 is 0 Å². The van der Waals surface area contributed by atoms with E-state index in [1.54, 1.807) is 7.11 Å². The highest BCUT2D eigenvalue weighted by molar-refractivity contribution is 5.22. The summed E-state index contributed by atoms with van der Waals surface area (Å²) in [6.07, 6.45) is -9.81. The molecule has 17 heteroatoms. The van der Waals surface area contributed by atoms with Gasteiger partial charge in [0.25, 0.3) is 0 Å². The minimum Gasteiger partial charge on any atom is -0.393 e. The average Bonchev–Trinajstić information content (AvgIpc) is 0.783. The van der Waals surface area contributed by atoms with E-state index in [-0.39, 0.29) is 92.1 Å². The van der Waals surface area contributed by atoms with Crippen molar-refractivity contribution >= 4 is 0 Å². The van der Waals surface area contributed by atoms with Gasteiger partial charge in [0.2, 0.25) is 0 Å². The number of aliphatic hydroxyl groups is 1.